The molecule has 8 heteroatoms. The number of halogens is 1. The number of fused-ring (bicyclic) bond motifs is 2. The summed E-state index contributed by atoms with van der Waals surface area (Å²) >= 11 is 3.17. The normalized spacial score (nSPS) is 13.4. The van der Waals surface area contributed by atoms with Crippen molar-refractivity contribution in [1.29, 1.82) is 0 Å². The molecule has 0 unspecified atom stereocenters. The van der Waals surface area contributed by atoms with Gasteiger partial charge in [0.2, 0.25) is 0 Å². The molecule has 25 heavy (non-hydrogen) atoms. The summed E-state index contributed by atoms with van der Waals surface area (Å²) in [5, 5.41) is 2.87. The minimum Gasteiger partial charge on any atom is -0.383 e. The molecule has 0 atom stereocenters. The lowest BCUT2D eigenvalue weighted by molar-refractivity contribution is 0.0979. The molecule has 2 aromatic rings. The molecule has 2 aromatic carbocycles. The highest BCUT2D eigenvalue weighted by atomic mass is 79.9. The second-order valence-electron chi connectivity index (χ2n) is 5.59. The first-order valence-electron chi connectivity index (χ1n) is 7.53. The van der Waals surface area contributed by atoms with Crippen LogP contribution in [0.3, 0.4) is 0 Å². The summed E-state index contributed by atoms with van der Waals surface area (Å²) in [6, 6.07) is 7.52. The Labute approximate surface area is 153 Å². The molecule has 0 saturated heterocycles. The van der Waals surface area contributed by atoms with E-state index >= 15 is 0 Å². The molecule has 1 aliphatic carbocycles. The molecule has 0 bridgehead atoms. The number of carbonyl (C=O) groups is 2. The van der Waals surface area contributed by atoms with Gasteiger partial charge in [-0.1, -0.05) is 31.2 Å². The standard InChI is InChI=1S/C17H14BrNO5S/c1-2-7-19-15-12(25(22,23)24)8-11(18)13-14(15)17(21)10-6-4-3-5-9(10)16(13)20/h3-6,8,19H,2,7H2,1H3,(H,22,23,24). The van der Waals surface area contributed by atoms with E-state index in [0.717, 1.165) is 6.07 Å². The Morgan fingerprint density at radius 1 is 1.08 bits per heavy atom. The maximum Gasteiger partial charge on any atom is 0.296 e. The second-order valence-corrected chi connectivity index (χ2v) is 7.83. The van der Waals surface area contributed by atoms with Crippen LogP contribution in [0.15, 0.2) is 39.7 Å². The van der Waals surface area contributed by atoms with E-state index in [9.17, 15) is 22.6 Å². The third kappa shape index (κ3) is 2.90. The number of ketones is 2. The lowest BCUT2D eigenvalue weighted by Gasteiger charge is -2.23. The Hall–Kier alpha value is -2.03. The Morgan fingerprint density at radius 3 is 2.16 bits per heavy atom. The van der Waals surface area contributed by atoms with Crippen molar-refractivity contribution in [1.82, 2.24) is 0 Å². The van der Waals surface area contributed by atoms with Gasteiger partial charge in [0.05, 0.1) is 16.8 Å². The van der Waals surface area contributed by atoms with Gasteiger partial charge in [-0.2, -0.15) is 8.42 Å². The first kappa shape index (κ1) is 17.8. The molecule has 0 saturated carbocycles. The smallest absolute Gasteiger partial charge is 0.296 e. The van der Waals surface area contributed by atoms with Crippen molar-refractivity contribution in [3.8, 4) is 0 Å². The molecule has 6 nitrogen and oxygen atoms in total. The predicted molar refractivity (Wildman–Crippen MR) is 96.0 cm³/mol. The van der Waals surface area contributed by atoms with Crippen LogP contribution in [0.25, 0.3) is 0 Å². The largest absolute Gasteiger partial charge is 0.383 e. The van der Waals surface area contributed by atoms with Crippen LogP contribution in [0.1, 0.15) is 45.2 Å². The van der Waals surface area contributed by atoms with Gasteiger partial charge in [-0.25, -0.2) is 0 Å². The van der Waals surface area contributed by atoms with Crippen molar-refractivity contribution in [2.45, 2.75) is 18.2 Å². The van der Waals surface area contributed by atoms with Gasteiger partial charge in [0.1, 0.15) is 4.90 Å². The predicted octanol–water partition coefficient (Wildman–Crippen LogP) is 3.29. The van der Waals surface area contributed by atoms with Crippen LogP contribution >= 0.6 is 15.9 Å². The first-order valence-corrected chi connectivity index (χ1v) is 9.77. The summed E-state index contributed by atoms with van der Waals surface area (Å²) in [7, 11) is -4.59. The van der Waals surface area contributed by atoms with Crippen molar-refractivity contribution in [2.24, 2.45) is 0 Å². The number of carbonyl (C=O) groups excluding carboxylic acids is 2. The molecular formula is C17H14BrNO5S. The number of hydrogen-bond acceptors (Lipinski definition) is 5. The van der Waals surface area contributed by atoms with Crippen LogP contribution in [0.4, 0.5) is 5.69 Å². The van der Waals surface area contributed by atoms with Crippen LogP contribution in [0.2, 0.25) is 0 Å². The van der Waals surface area contributed by atoms with Crippen LogP contribution in [0.5, 0.6) is 0 Å². The van der Waals surface area contributed by atoms with Crippen molar-refractivity contribution in [3.63, 3.8) is 0 Å². The van der Waals surface area contributed by atoms with E-state index in [1.807, 2.05) is 6.92 Å². The number of rotatable bonds is 4. The van der Waals surface area contributed by atoms with Crippen LogP contribution < -0.4 is 5.32 Å². The summed E-state index contributed by atoms with van der Waals surface area (Å²) in [4.78, 5) is 25.4. The molecule has 2 N–H and O–H groups in total. The Kier molecular flexibility index (Phi) is 4.52. The van der Waals surface area contributed by atoms with Gasteiger partial charge in [-0.05, 0) is 28.4 Å². The lowest BCUT2D eigenvalue weighted by Crippen LogP contribution is -2.24. The molecule has 0 amide bonds. The lowest BCUT2D eigenvalue weighted by atomic mass is 9.83. The average Bonchev–Trinajstić information content (AvgIpc) is 2.57. The molecule has 0 spiro atoms. The maximum absolute atomic E-state index is 13.0. The first-order chi connectivity index (χ1) is 11.8. The molecule has 130 valence electrons. The highest BCUT2D eigenvalue weighted by Gasteiger charge is 2.36. The van der Waals surface area contributed by atoms with Crippen molar-refractivity contribution < 1.29 is 22.6 Å². The van der Waals surface area contributed by atoms with Crippen molar-refractivity contribution >= 4 is 43.3 Å². The molecule has 0 heterocycles. The van der Waals surface area contributed by atoms with E-state index in [2.05, 4.69) is 21.2 Å². The highest BCUT2D eigenvalue weighted by molar-refractivity contribution is 9.10. The topological polar surface area (TPSA) is 101 Å². The fourth-order valence-corrected chi connectivity index (χ4v) is 4.31. The molecule has 0 fully saturated rings. The summed E-state index contributed by atoms with van der Waals surface area (Å²) < 4.78 is 33.3. The zero-order valence-corrected chi connectivity index (χ0v) is 15.6. The maximum atomic E-state index is 13.0. The van der Waals surface area contributed by atoms with Crippen LogP contribution in [-0.4, -0.2) is 31.1 Å². The Balaban J connectivity index is 2.39. The number of benzene rings is 2. The van der Waals surface area contributed by atoms with E-state index in [4.69, 9.17) is 0 Å². The monoisotopic (exact) mass is 423 g/mol. The van der Waals surface area contributed by atoms with Gasteiger partial charge in [0.15, 0.2) is 11.6 Å². The van der Waals surface area contributed by atoms with E-state index in [1.54, 1.807) is 18.2 Å². The second kappa shape index (κ2) is 6.36. The van der Waals surface area contributed by atoms with E-state index < -0.39 is 20.8 Å². The van der Waals surface area contributed by atoms with E-state index in [0.29, 0.717) is 13.0 Å². The molecule has 0 aliphatic heterocycles. The van der Waals surface area contributed by atoms with Gasteiger partial charge in [-0.3, -0.25) is 14.1 Å². The fourth-order valence-electron chi connectivity index (χ4n) is 2.85. The molecule has 1 aliphatic rings. The van der Waals surface area contributed by atoms with Crippen LogP contribution in [-0.2, 0) is 10.1 Å². The van der Waals surface area contributed by atoms with Crippen molar-refractivity contribution in [2.75, 3.05) is 11.9 Å². The zero-order chi connectivity index (χ0) is 18.4. The average molecular weight is 424 g/mol. The summed E-state index contributed by atoms with van der Waals surface area (Å²) in [5.74, 6) is -0.839. The summed E-state index contributed by atoms with van der Waals surface area (Å²) in [6.07, 6.45) is 0.661. The number of hydrogen-bond donors (Lipinski definition) is 2. The highest BCUT2D eigenvalue weighted by Crippen LogP contribution is 2.40. The van der Waals surface area contributed by atoms with E-state index in [-0.39, 0.29) is 38.2 Å². The van der Waals surface area contributed by atoms with Crippen molar-refractivity contribution in [3.05, 3.63) is 57.1 Å². The van der Waals surface area contributed by atoms with Gasteiger partial charge in [0, 0.05) is 22.1 Å². The van der Waals surface area contributed by atoms with Gasteiger partial charge < -0.3 is 5.32 Å². The summed E-state index contributed by atoms with van der Waals surface area (Å²) in [5.41, 5.74) is 0.477. The molecule has 0 radical (unpaired) electrons. The zero-order valence-electron chi connectivity index (χ0n) is 13.2. The van der Waals surface area contributed by atoms with Crippen LogP contribution in [0, 0.1) is 0 Å². The fraction of sp³-hybridized carbons (Fsp3) is 0.176. The number of nitrogens with one attached hydrogen (secondary N) is 1. The molecule has 3 rings (SSSR count). The molecular weight excluding hydrogens is 410 g/mol. The van der Waals surface area contributed by atoms with E-state index in [1.165, 1.54) is 6.07 Å². The van der Waals surface area contributed by atoms with Gasteiger partial charge in [-0.15, -0.1) is 0 Å². The third-order valence-electron chi connectivity index (χ3n) is 3.94. The SMILES string of the molecule is CCCNc1c(S(=O)(=O)O)cc(Br)c2c1C(=O)c1ccccc1C2=O. The summed E-state index contributed by atoms with van der Waals surface area (Å²) in [6.45, 7) is 2.24. The Morgan fingerprint density at radius 2 is 1.64 bits per heavy atom. The quantitative estimate of drug-likeness (QED) is 0.624. The third-order valence-corrected chi connectivity index (χ3v) is 5.45. The number of anilines is 1. The minimum absolute atomic E-state index is 0.0425. The minimum atomic E-state index is -4.59. The Bertz CT molecular complexity index is 1010. The molecule has 0 aromatic heterocycles. The van der Waals surface area contributed by atoms with Gasteiger partial charge >= 0.3 is 0 Å². The van der Waals surface area contributed by atoms with Gasteiger partial charge in [0.25, 0.3) is 10.1 Å².